The van der Waals surface area contributed by atoms with Gasteiger partial charge in [0.2, 0.25) is 5.91 Å². The van der Waals surface area contributed by atoms with Crippen LogP contribution in [0.15, 0.2) is 83.9 Å². The minimum atomic E-state index is 0.119. The number of hydrogen-bond acceptors (Lipinski definition) is 7. The molecule has 7 nitrogen and oxygen atoms in total. The van der Waals surface area contributed by atoms with Gasteiger partial charge in [-0.05, 0) is 35.4 Å². The topological polar surface area (TPSA) is 61.8 Å². The summed E-state index contributed by atoms with van der Waals surface area (Å²) in [5.41, 5.74) is 4.16. The molecule has 0 radical (unpaired) electrons. The number of piperazine rings is 1. The smallest absolute Gasteiger partial charge is 0.233 e. The quantitative estimate of drug-likeness (QED) is 0.284. The number of anilines is 1. The molecule has 2 aliphatic heterocycles. The van der Waals surface area contributed by atoms with Gasteiger partial charge in [0.05, 0.1) is 36.0 Å². The Morgan fingerprint density at radius 2 is 1.43 bits per heavy atom. The van der Waals surface area contributed by atoms with E-state index in [1.165, 1.54) is 22.9 Å². The Hall–Kier alpha value is -3.17. The molecule has 2 saturated heterocycles. The normalized spacial score (nSPS) is 17.2. The van der Waals surface area contributed by atoms with Crippen molar-refractivity contribution >= 4 is 46.1 Å². The minimum Gasteiger partial charge on any atom is -0.378 e. The Morgan fingerprint density at radius 1 is 0.800 bits per heavy atom. The van der Waals surface area contributed by atoms with Gasteiger partial charge < -0.3 is 14.5 Å². The first-order valence-corrected chi connectivity index (χ1v) is 15.1. The van der Waals surface area contributed by atoms with Gasteiger partial charge in [0.25, 0.3) is 0 Å². The Balaban J connectivity index is 1.13. The molecule has 4 aromatic rings. The number of para-hydroxylation sites is 2. The van der Waals surface area contributed by atoms with Gasteiger partial charge in [-0.1, -0.05) is 78.0 Å². The highest BCUT2D eigenvalue weighted by molar-refractivity contribution is 8.00. The maximum Gasteiger partial charge on any atom is 0.233 e. The van der Waals surface area contributed by atoms with Crippen LogP contribution >= 0.6 is 23.4 Å². The zero-order valence-electron chi connectivity index (χ0n) is 22.3. The number of benzene rings is 3. The maximum atomic E-state index is 13.4. The number of amides is 1. The number of aromatic nitrogens is 2. The number of rotatable bonds is 7. The van der Waals surface area contributed by atoms with Crippen LogP contribution in [0.4, 0.5) is 5.82 Å². The summed E-state index contributed by atoms with van der Waals surface area (Å²) in [7, 11) is 0. The second-order valence-corrected chi connectivity index (χ2v) is 11.4. The summed E-state index contributed by atoms with van der Waals surface area (Å²) in [6, 6.07) is 26.7. The summed E-state index contributed by atoms with van der Waals surface area (Å²) in [5, 5.41) is 1.54. The summed E-state index contributed by atoms with van der Waals surface area (Å²) in [4.78, 5) is 29.9. The summed E-state index contributed by atoms with van der Waals surface area (Å²) in [5.74, 6) is 1.32. The fourth-order valence-electron chi connectivity index (χ4n) is 5.40. The largest absolute Gasteiger partial charge is 0.378 e. The van der Waals surface area contributed by atoms with Crippen molar-refractivity contribution in [2.24, 2.45) is 0 Å². The molecule has 0 N–H and O–H groups in total. The van der Waals surface area contributed by atoms with E-state index in [-0.39, 0.29) is 11.9 Å². The van der Waals surface area contributed by atoms with Crippen molar-refractivity contribution in [1.82, 2.24) is 19.8 Å². The third-order valence-corrected chi connectivity index (χ3v) is 8.69. The second kappa shape index (κ2) is 12.6. The molecule has 206 valence electrons. The molecule has 1 aromatic heterocycles. The summed E-state index contributed by atoms with van der Waals surface area (Å²) >= 11 is 7.67. The fourth-order valence-corrected chi connectivity index (χ4v) is 6.43. The first-order valence-electron chi connectivity index (χ1n) is 13.7. The van der Waals surface area contributed by atoms with Crippen molar-refractivity contribution in [1.29, 1.82) is 0 Å². The zero-order valence-corrected chi connectivity index (χ0v) is 23.9. The molecular formula is C31H32ClN5O2S. The number of carbonyl (C=O) groups excluding carboxylic acids is 1. The van der Waals surface area contributed by atoms with Crippen LogP contribution in [0.5, 0.6) is 0 Å². The highest BCUT2D eigenvalue weighted by Crippen LogP contribution is 2.32. The molecule has 9 heteroatoms. The number of fused-ring (bicyclic) bond motifs is 1. The molecule has 6 rings (SSSR count). The molecule has 2 aliphatic rings. The molecule has 3 aromatic carbocycles. The molecule has 1 amide bonds. The van der Waals surface area contributed by atoms with Gasteiger partial charge in [0.1, 0.15) is 5.03 Å². The third kappa shape index (κ3) is 6.10. The highest BCUT2D eigenvalue weighted by Gasteiger charge is 2.29. The first kappa shape index (κ1) is 27.0. The lowest BCUT2D eigenvalue weighted by atomic mass is 9.96. The van der Waals surface area contributed by atoms with E-state index in [9.17, 15) is 4.79 Å². The lowest BCUT2D eigenvalue weighted by Crippen LogP contribution is -2.50. The van der Waals surface area contributed by atoms with E-state index < -0.39 is 0 Å². The highest BCUT2D eigenvalue weighted by atomic mass is 35.5. The number of carbonyl (C=O) groups is 1. The number of halogens is 1. The Labute approximate surface area is 244 Å². The lowest BCUT2D eigenvalue weighted by molar-refractivity contribution is -0.130. The molecule has 0 spiro atoms. The van der Waals surface area contributed by atoms with Crippen LogP contribution in [-0.2, 0) is 9.53 Å². The summed E-state index contributed by atoms with van der Waals surface area (Å²) in [6.45, 7) is 5.86. The van der Waals surface area contributed by atoms with Crippen LogP contribution in [0.2, 0.25) is 5.02 Å². The van der Waals surface area contributed by atoms with Crippen molar-refractivity contribution < 1.29 is 9.53 Å². The van der Waals surface area contributed by atoms with E-state index in [0.717, 1.165) is 53.1 Å². The van der Waals surface area contributed by atoms with Gasteiger partial charge in [-0.25, -0.2) is 9.97 Å². The van der Waals surface area contributed by atoms with Crippen LogP contribution in [-0.4, -0.2) is 83.9 Å². The maximum absolute atomic E-state index is 13.4. The van der Waals surface area contributed by atoms with Gasteiger partial charge in [0.15, 0.2) is 5.82 Å². The molecule has 3 heterocycles. The van der Waals surface area contributed by atoms with Crippen molar-refractivity contribution in [2.45, 2.75) is 11.1 Å². The van der Waals surface area contributed by atoms with Crippen LogP contribution in [0.3, 0.4) is 0 Å². The molecular weight excluding hydrogens is 542 g/mol. The Bertz CT molecular complexity index is 1440. The zero-order chi connectivity index (χ0) is 27.3. The number of thioether (sulfide) groups is 1. The lowest BCUT2D eigenvalue weighted by Gasteiger charge is -2.39. The van der Waals surface area contributed by atoms with Gasteiger partial charge >= 0.3 is 0 Å². The third-order valence-electron chi connectivity index (χ3n) is 7.50. The molecule has 0 bridgehead atoms. The molecule has 0 aliphatic carbocycles. The van der Waals surface area contributed by atoms with E-state index >= 15 is 0 Å². The van der Waals surface area contributed by atoms with Gasteiger partial charge in [-0.15, -0.1) is 0 Å². The van der Waals surface area contributed by atoms with E-state index in [1.807, 2.05) is 47.4 Å². The fraction of sp³-hybridized carbons (Fsp3) is 0.323. The van der Waals surface area contributed by atoms with Crippen LogP contribution in [0.1, 0.15) is 17.2 Å². The van der Waals surface area contributed by atoms with Gasteiger partial charge in [-0.2, -0.15) is 0 Å². The molecule has 1 unspecified atom stereocenters. The predicted octanol–water partition coefficient (Wildman–Crippen LogP) is 5.15. The number of ether oxygens (including phenoxy) is 1. The van der Waals surface area contributed by atoms with E-state index in [2.05, 4.69) is 46.2 Å². The number of morpholine rings is 1. The Kier molecular flexibility index (Phi) is 8.48. The molecule has 40 heavy (non-hydrogen) atoms. The summed E-state index contributed by atoms with van der Waals surface area (Å²) in [6.07, 6.45) is 0. The monoisotopic (exact) mass is 573 g/mol. The van der Waals surface area contributed by atoms with E-state index in [1.54, 1.807) is 0 Å². The predicted molar refractivity (Wildman–Crippen MR) is 161 cm³/mol. The molecule has 0 saturated carbocycles. The summed E-state index contributed by atoms with van der Waals surface area (Å²) < 4.78 is 5.55. The average molecular weight is 574 g/mol. The number of hydrogen-bond donors (Lipinski definition) is 0. The number of nitrogens with zero attached hydrogens (tertiary/aromatic N) is 5. The first-order chi connectivity index (χ1) is 19.7. The second-order valence-electron chi connectivity index (χ2n) is 10.0. The average Bonchev–Trinajstić information content (AvgIpc) is 3.02. The van der Waals surface area contributed by atoms with Crippen LogP contribution in [0, 0.1) is 0 Å². The standard InChI is InChI=1S/C31H32ClN5O2S/c32-25-12-10-24(11-13-25)29(23-6-2-1-3-7-23)36-16-14-35(15-17-36)28(38)22-40-31-30(37-18-20-39-21-19-37)33-26-8-4-5-9-27(26)34-31/h1-13,29H,14-22H2. The van der Waals surface area contributed by atoms with Crippen LogP contribution in [0.25, 0.3) is 11.0 Å². The van der Waals surface area contributed by atoms with E-state index in [4.69, 9.17) is 26.3 Å². The van der Waals surface area contributed by atoms with Crippen molar-refractivity contribution in [3.8, 4) is 0 Å². The molecule has 1 atom stereocenters. The SMILES string of the molecule is O=C(CSc1nc2ccccc2nc1N1CCOCC1)N1CCN(C(c2ccccc2)c2ccc(Cl)cc2)CC1. The molecule has 2 fully saturated rings. The van der Waals surface area contributed by atoms with Crippen molar-refractivity contribution in [3.63, 3.8) is 0 Å². The van der Waals surface area contributed by atoms with Crippen LogP contribution < -0.4 is 4.90 Å². The minimum absolute atomic E-state index is 0.119. The Morgan fingerprint density at radius 3 is 2.12 bits per heavy atom. The van der Waals surface area contributed by atoms with Gasteiger partial charge in [0, 0.05) is 44.3 Å². The van der Waals surface area contributed by atoms with E-state index in [0.29, 0.717) is 32.1 Å². The van der Waals surface area contributed by atoms with Gasteiger partial charge in [-0.3, -0.25) is 9.69 Å². The van der Waals surface area contributed by atoms with Crippen molar-refractivity contribution in [3.05, 3.63) is 95.0 Å². The van der Waals surface area contributed by atoms with Crippen molar-refractivity contribution in [2.75, 3.05) is 63.1 Å².